The minimum atomic E-state index is -1.06. The first-order chi connectivity index (χ1) is 11.9. The first-order valence-corrected chi connectivity index (χ1v) is 8.57. The molecule has 2 saturated heterocycles. The van der Waals surface area contributed by atoms with Crippen LogP contribution in [0.1, 0.15) is 26.3 Å². The summed E-state index contributed by atoms with van der Waals surface area (Å²) in [7, 11) is 0. The van der Waals surface area contributed by atoms with E-state index in [9.17, 15) is 10.2 Å². The van der Waals surface area contributed by atoms with Gasteiger partial charge in [0.05, 0.1) is 19.8 Å². The molecular weight excluding hydrogens is 328 g/mol. The van der Waals surface area contributed by atoms with Gasteiger partial charge in [-0.2, -0.15) is 0 Å². The van der Waals surface area contributed by atoms with E-state index in [0.29, 0.717) is 13.2 Å². The summed E-state index contributed by atoms with van der Waals surface area (Å²) >= 11 is 0. The van der Waals surface area contributed by atoms with Gasteiger partial charge in [-0.1, -0.05) is 12.1 Å². The van der Waals surface area contributed by atoms with Crippen LogP contribution in [0, 0.1) is 0 Å². The van der Waals surface area contributed by atoms with Crippen LogP contribution < -0.4 is 4.74 Å². The summed E-state index contributed by atoms with van der Waals surface area (Å²) in [6.45, 7) is 6.06. The second-order valence-corrected chi connectivity index (χ2v) is 6.67. The van der Waals surface area contributed by atoms with Gasteiger partial charge in [0.1, 0.15) is 30.2 Å². The lowest BCUT2D eigenvalue weighted by Gasteiger charge is -2.28. The van der Waals surface area contributed by atoms with Gasteiger partial charge in [0.25, 0.3) is 0 Å². The monoisotopic (exact) mass is 354 g/mol. The molecule has 0 bridgehead atoms. The lowest BCUT2D eigenvalue weighted by atomic mass is 10.1. The van der Waals surface area contributed by atoms with Crippen LogP contribution in [0.3, 0.4) is 0 Å². The average molecular weight is 354 g/mol. The molecule has 1 aromatic carbocycles. The molecule has 0 saturated carbocycles. The zero-order valence-corrected chi connectivity index (χ0v) is 14.8. The lowest BCUT2D eigenvalue weighted by molar-refractivity contribution is -0.232. The molecule has 2 fully saturated rings. The molecule has 5 unspecified atom stereocenters. The van der Waals surface area contributed by atoms with Crippen molar-refractivity contribution in [2.75, 3.05) is 13.2 Å². The molecule has 2 heterocycles. The molecule has 0 spiro atoms. The number of hydrogen-bond acceptors (Lipinski definition) is 7. The van der Waals surface area contributed by atoms with Crippen molar-refractivity contribution in [3.63, 3.8) is 0 Å². The Balaban J connectivity index is 1.66. The molecule has 0 aromatic heterocycles. The van der Waals surface area contributed by atoms with Crippen LogP contribution >= 0.6 is 0 Å². The fraction of sp³-hybridized carbons (Fsp3) is 0.667. The number of hydrogen-bond donors (Lipinski definition) is 2. The smallest absolute Gasteiger partial charge is 0.190 e. The van der Waals surface area contributed by atoms with E-state index < -0.39 is 43.1 Å². The van der Waals surface area contributed by atoms with Crippen molar-refractivity contribution >= 4 is 0 Å². The average Bonchev–Trinajstić information content (AvgIpc) is 3.05. The zero-order chi connectivity index (χ0) is 18.0. The first kappa shape index (κ1) is 18.6. The Kier molecular flexibility index (Phi) is 5.62. The molecule has 2 aliphatic heterocycles. The fourth-order valence-electron chi connectivity index (χ4n) is 3.15. The maximum atomic E-state index is 10.0. The topological polar surface area (TPSA) is 86.6 Å². The number of aliphatic hydroxyl groups excluding tert-OH is 2. The first-order valence-electron chi connectivity index (χ1n) is 8.57. The van der Waals surface area contributed by atoms with E-state index in [-0.39, 0.29) is 0 Å². The molecule has 0 radical (unpaired) electrons. The van der Waals surface area contributed by atoms with E-state index >= 15 is 0 Å². The third kappa shape index (κ3) is 4.13. The molecule has 2 N–H and O–H groups in total. The van der Waals surface area contributed by atoms with Gasteiger partial charge in [-0.05, 0) is 38.5 Å². The van der Waals surface area contributed by atoms with Crippen LogP contribution in [0.15, 0.2) is 24.3 Å². The third-order valence-corrected chi connectivity index (χ3v) is 4.27. The van der Waals surface area contributed by atoms with Crippen molar-refractivity contribution in [2.45, 2.75) is 63.9 Å². The number of rotatable bonds is 7. The van der Waals surface area contributed by atoms with Gasteiger partial charge in [0, 0.05) is 0 Å². The Morgan fingerprint density at radius 2 is 1.92 bits per heavy atom. The molecule has 5 atom stereocenters. The van der Waals surface area contributed by atoms with Crippen LogP contribution in [0.2, 0.25) is 0 Å². The van der Waals surface area contributed by atoms with E-state index in [1.165, 1.54) is 0 Å². The molecule has 3 rings (SSSR count). The summed E-state index contributed by atoms with van der Waals surface area (Å²) in [6, 6.07) is 7.61. The summed E-state index contributed by atoms with van der Waals surface area (Å²) in [5.74, 6) is 0.0314. The number of aliphatic hydroxyl groups is 2. The molecule has 2 aliphatic rings. The molecule has 0 aliphatic carbocycles. The van der Waals surface area contributed by atoms with E-state index in [2.05, 4.69) is 0 Å². The zero-order valence-electron chi connectivity index (χ0n) is 14.8. The highest BCUT2D eigenvalue weighted by Crippen LogP contribution is 2.39. The van der Waals surface area contributed by atoms with Gasteiger partial charge in [0.15, 0.2) is 12.1 Å². The molecule has 7 heteroatoms. The van der Waals surface area contributed by atoms with Crippen molar-refractivity contribution in [1.82, 2.24) is 0 Å². The third-order valence-electron chi connectivity index (χ3n) is 4.27. The van der Waals surface area contributed by atoms with Crippen LogP contribution in [0.25, 0.3) is 0 Å². The van der Waals surface area contributed by atoms with E-state index in [0.717, 1.165) is 11.3 Å². The number of ether oxygens (including phenoxy) is 5. The Hall–Kier alpha value is -1.22. The van der Waals surface area contributed by atoms with Crippen molar-refractivity contribution in [3.05, 3.63) is 29.8 Å². The molecule has 0 amide bonds. The molecular formula is C18H26O7. The predicted molar refractivity (Wildman–Crippen MR) is 88.0 cm³/mol. The van der Waals surface area contributed by atoms with Crippen molar-refractivity contribution in [2.24, 2.45) is 0 Å². The minimum absolute atomic E-state index is 0.322. The minimum Gasteiger partial charge on any atom is -0.494 e. The van der Waals surface area contributed by atoms with E-state index in [1.54, 1.807) is 13.8 Å². The van der Waals surface area contributed by atoms with E-state index in [4.69, 9.17) is 23.7 Å². The van der Waals surface area contributed by atoms with Crippen LogP contribution in [0.5, 0.6) is 5.75 Å². The summed E-state index contributed by atoms with van der Waals surface area (Å²) in [6.07, 6.45) is -3.39. The van der Waals surface area contributed by atoms with Crippen molar-refractivity contribution in [3.8, 4) is 5.75 Å². The Morgan fingerprint density at radius 1 is 1.20 bits per heavy atom. The SMILES string of the molecule is CCOc1ccc(COC2C(C(O)CO)OC3OC(C)(C)OC32)cc1. The summed E-state index contributed by atoms with van der Waals surface area (Å²) < 4.78 is 28.7. The summed E-state index contributed by atoms with van der Waals surface area (Å²) in [5.41, 5.74) is 0.960. The summed E-state index contributed by atoms with van der Waals surface area (Å²) in [4.78, 5) is 0. The Morgan fingerprint density at radius 3 is 2.56 bits per heavy atom. The predicted octanol–water partition coefficient (Wildman–Crippen LogP) is 1.20. The molecule has 140 valence electrons. The maximum absolute atomic E-state index is 10.0. The Labute approximate surface area is 147 Å². The van der Waals surface area contributed by atoms with Crippen molar-refractivity contribution in [1.29, 1.82) is 0 Å². The highest BCUT2D eigenvalue weighted by Gasteiger charge is 2.56. The van der Waals surface area contributed by atoms with Gasteiger partial charge in [0.2, 0.25) is 0 Å². The quantitative estimate of drug-likeness (QED) is 0.761. The standard InChI is InChI=1S/C18H26O7/c1-4-21-12-7-5-11(6-8-12)10-22-15-14(13(20)9-19)23-17-16(15)24-18(2,3)25-17/h5-8,13-17,19-20H,4,9-10H2,1-3H3. The van der Waals surface area contributed by atoms with E-state index in [1.807, 2.05) is 31.2 Å². The highest BCUT2D eigenvalue weighted by atomic mass is 16.8. The maximum Gasteiger partial charge on any atom is 0.190 e. The van der Waals surface area contributed by atoms with Gasteiger partial charge in [-0.15, -0.1) is 0 Å². The normalized spacial score (nSPS) is 31.7. The number of fused-ring (bicyclic) bond motifs is 1. The number of benzene rings is 1. The van der Waals surface area contributed by atoms with Crippen LogP contribution in [-0.2, 0) is 25.6 Å². The van der Waals surface area contributed by atoms with Gasteiger partial charge >= 0.3 is 0 Å². The van der Waals surface area contributed by atoms with Gasteiger partial charge in [-0.25, -0.2) is 0 Å². The second-order valence-electron chi connectivity index (χ2n) is 6.67. The van der Waals surface area contributed by atoms with Gasteiger partial charge < -0.3 is 33.9 Å². The largest absolute Gasteiger partial charge is 0.494 e. The second kappa shape index (κ2) is 7.57. The highest BCUT2D eigenvalue weighted by molar-refractivity contribution is 5.26. The summed E-state index contributed by atoms with van der Waals surface area (Å²) in [5, 5.41) is 19.3. The van der Waals surface area contributed by atoms with Gasteiger partial charge in [-0.3, -0.25) is 0 Å². The fourth-order valence-corrected chi connectivity index (χ4v) is 3.15. The lowest BCUT2D eigenvalue weighted by Crippen LogP contribution is -2.44. The van der Waals surface area contributed by atoms with Crippen molar-refractivity contribution < 1.29 is 33.9 Å². The molecule has 1 aromatic rings. The van der Waals surface area contributed by atoms with Crippen LogP contribution in [0.4, 0.5) is 0 Å². The Bertz CT molecular complexity index is 559. The van der Waals surface area contributed by atoms with Crippen LogP contribution in [-0.4, -0.2) is 59.9 Å². The molecule has 7 nitrogen and oxygen atoms in total. The molecule has 25 heavy (non-hydrogen) atoms.